The molecule has 2 aromatic carbocycles. The zero-order valence-corrected chi connectivity index (χ0v) is 18.3. The summed E-state index contributed by atoms with van der Waals surface area (Å²) in [6.45, 7) is 10.0. The van der Waals surface area contributed by atoms with Crippen molar-refractivity contribution in [3.63, 3.8) is 0 Å². The molecule has 6 nitrogen and oxygen atoms in total. The van der Waals surface area contributed by atoms with Gasteiger partial charge < -0.3 is 10.5 Å². The van der Waals surface area contributed by atoms with Crippen LogP contribution in [0.4, 0.5) is 0 Å². The summed E-state index contributed by atoms with van der Waals surface area (Å²) in [4.78, 5) is 9.84. The number of H-pyrrole nitrogens is 1. The lowest BCUT2D eigenvalue weighted by atomic mass is 9.88. The molecule has 0 saturated carbocycles. The molecule has 0 radical (unpaired) electrons. The first kappa shape index (κ1) is 19.9. The maximum absolute atomic E-state index is 6.22. The summed E-state index contributed by atoms with van der Waals surface area (Å²) in [5.41, 5.74) is 14.2. The van der Waals surface area contributed by atoms with Crippen molar-refractivity contribution in [1.82, 2.24) is 10.2 Å². The highest BCUT2D eigenvalue weighted by molar-refractivity contribution is 6.41. The van der Waals surface area contributed by atoms with Crippen molar-refractivity contribution in [2.24, 2.45) is 15.7 Å². The molecule has 4 rings (SSSR count). The Morgan fingerprint density at radius 1 is 0.933 bits per heavy atom. The summed E-state index contributed by atoms with van der Waals surface area (Å²) in [7, 11) is 1.69. The predicted octanol–water partition coefficient (Wildman–Crippen LogP) is 4.35. The van der Waals surface area contributed by atoms with Crippen molar-refractivity contribution in [2.75, 3.05) is 7.11 Å². The van der Waals surface area contributed by atoms with Crippen molar-refractivity contribution in [3.05, 3.63) is 70.0 Å². The Balaban J connectivity index is 1.96. The lowest BCUT2D eigenvalue weighted by Crippen LogP contribution is -2.23. The summed E-state index contributed by atoms with van der Waals surface area (Å²) in [5, 5.41) is 7.42. The van der Waals surface area contributed by atoms with Gasteiger partial charge in [0.2, 0.25) is 5.66 Å². The summed E-state index contributed by atoms with van der Waals surface area (Å²) in [6.07, 6.45) is 0. The Morgan fingerprint density at radius 2 is 1.63 bits per heavy atom. The van der Waals surface area contributed by atoms with Crippen LogP contribution in [0.2, 0.25) is 0 Å². The number of nitrogens with two attached hydrogens (primary N) is 1. The molecular weight excluding hydrogens is 374 g/mol. The Labute approximate surface area is 176 Å². The van der Waals surface area contributed by atoms with E-state index < -0.39 is 5.66 Å². The van der Waals surface area contributed by atoms with E-state index in [-0.39, 0.29) is 0 Å². The fourth-order valence-corrected chi connectivity index (χ4v) is 4.35. The average molecular weight is 402 g/mol. The molecule has 6 heteroatoms. The second kappa shape index (κ2) is 7.13. The average Bonchev–Trinajstić information content (AvgIpc) is 3.20. The van der Waals surface area contributed by atoms with Crippen LogP contribution in [0.15, 0.2) is 46.4 Å². The monoisotopic (exact) mass is 401 g/mol. The van der Waals surface area contributed by atoms with E-state index in [9.17, 15) is 0 Å². The number of amidine groups is 1. The molecule has 0 aliphatic carbocycles. The third-order valence-electron chi connectivity index (χ3n) is 5.73. The number of rotatable bonds is 4. The molecule has 3 aromatic rings. The predicted molar refractivity (Wildman–Crippen MR) is 121 cm³/mol. The Bertz CT molecular complexity index is 1140. The highest BCUT2D eigenvalue weighted by Crippen LogP contribution is 2.42. The minimum absolute atomic E-state index is 0.460. The smallest absolute Gasteiger partial charge is 0.204 e. The van der Waals surface area contributed by atoms with Gasteiger partial charge in [-0.2, -0.15) is 5.10 Å². The van der Waals surface area contributed by atoms with Crippen LogP contribution in [0.25, 0.3) is 11.1 Å². The van der Waals surface area contributed by atoms with Gasteiger partial charge in [-0.25, -0.2) is 9.98 Å². The number of aromatic amines is 1. The molecule has 154 valence electrons. The number of benzene rings is 2. The topological polar surface area (TPSA) is 88.6 Å². The van der Waals surface area contributed by atoms with Gasteiger partial charge in [0.05, 0.1) is 18.5 Å². The van der Waals surface area contributed by atoms with Crippen LogP contribution in [0.3, 0.4) is 0 Å². The number of ether oxygens (including phenoxy) is 1. The standard InChI is InChI=1S/C24H27N5O/c1-13-10-20(11-14(2)22(13)30-6)24(26-17(5)23(25)27-24)19-9-7-8-18(12-19)21-15(3)28-29-16(21)4/h7-12H,1-6H3,(H2,25,27)(H,28,29). The van der Waals surface area contributed by atoms with Crippen LogP contribution < -0.4 is 10.5 Å². The molecule has 1 aromatic heterocycles. The second-order valence-corrected chi connectivity index (χ2v) is 7.90. The van der Waals surface area contributed by atoms with Crippen LogP contribution in [0.5, 0.6) is 5.75 Å². The van der Waals surface area contributed by atoms with Gasteiger partial charge in [0.1, 0.15) is 11.6 Å². The molecule has 1 atom stereocenters. The van der Waals surface area contributed by atoms with Crippen molar-refractivity contribution < 1.29 is 4.74 Å². The number of aryl methyl sites for hydroxylation is 4. The summed E-state index contributed by atoms with van der Waals surface area (Å²) in [5.74, 6) is 1.34. The van der Waals surface area contributed by atoms with Gasteiger partial charge in [0, 0.05) is 22.4 Å². The SMILES string of the molecule is COc1c(C)cc(C2(c3cccc(-c4c(C)n[nH]c4C)c3)N=C(C)C(N)=N2)cc1C. The molecule has 2 heterocycles. The van der Waals surface area contributed by atoms with Crippen LogP contribution in [-0.2, 0) is 5.66 Å². The fraction of sp³-hybridized carbons (Fsp3) is 0.292. The number of nitrogens with one attached hydrogen (secondary N) is 1. The first-order valence-electron chi connectivity index (χ1n) is 9.97. The van der Waals surface area contributed by atoms with Crippen LogP contribution >= 0.6 is 0 Å². The first-order valence-corrected chi connectivity index (χ1v) is 9.97. The van der Waals surface area contributed by atoms with Crippen molar-refractivity contribution in [3.8, 4) is 16.9 Å². The minimum atomic E-state index is -0.919. The van der Waals surface area contributed by atoms with E-state index in [1.54, 1.807) is 7.11 Å². The van der Waals surface area contributed by atoms with E-state index in [1.807, 2.05) is 40.7 Å². The van der Waals surface area contributed by atoms with Crippen LogP contribution in [-0.4, -0.2) is 28.9 Å². The summed E-state index contributed by atoms with van der Waals surface area (Å²) >= 11 is 0. The van der Waals surface area contributed by atoms with Gasteiger partial charge in [-0.1, -0.05) is 18.2 Å². The molecule has 0 saturated heterocycles. The molecule has 0 bridgehead atoms. The minimum Gasteiger partial charge on any atom is -0.496 e. The zero-order chi connectivity index (χ0) is 21.6. The van der Waals surface area contributed by atoms with Gasteiger partial charge in [-0.3, -0.25) is 5.10 Å². The van der Waals surface area contributed by atoms with Gasteiger partial charge in [0.25, 0.3) is 0 Å². The van der Waals surface area contributed by atoms with E-state index in [1.165, 1.54) is 0 Å². The lowest BCUT2D eigenvalue weighted by molar-refractivity contribution is 0.408. The quantitative estimate of drug-likeness (QED) is 0.681. The summed E-state index contributed by atoms with van der Waals surface area (Å²) in [6, 6.07) is 12.5. The molecule has 0 amide bonds. The van der Waals surface area contributed by atoms with E-state index >= 15 is 0 Å². The van der Waals surface area contributed by atoms with Crippen molar-refractivity contribution >= 4 is 11.5 Å². The van der Waals surface area contributed by atoms with E-state index in [2.05, 4.69) is 40.5 Å². The van der Waals surface area contributed by atoms with Gasteiger partial charge in [-0.05, 0) is 69.5 Å². The van der Waals surface area contributed by atoms with E-state index in [0.717, 1.165) is 56.2 Å². The van der Waals surface area contributed by atoms with Crippen molar-refractivity contribution in [2.45, 2.75) is 40.3 Å². The third kappa shape index (κ3) is 3.00. The van der Waals surface area contributed by atoms with Gasteiger partial charge in [-0.15, -0.1) is 0 Å². The number of hydrogen-bond acceptors (Lipinski definition) is 5. The van der Waals surface area contributed by atoms with Crippen LogP contribution in [0.1, 0.15) is 40.6 Å². The third-order valence-corrected chi connectivity index (χ3v) is 5.73. The second-order valence-electron chi connectivity index (χ2n) is 7.90. The number of aliphatic imine (C=N–C) groups is 2. The largest absolute Gasteiger partial charge is 0.496 e. The van der Waals surface area contributed by atoms with Gasteiger partial charge >= 0.3 is 0 Å². The first-order chi connectivity index (χ1) is 14.3. The summed E-state index contributed by atoms with van der Waals surface area (Å²) < 4.78 is 5.56. The van der Waals surface area contributed by atoms with E-state index in [4.69, 9.17) is 20.5 Å². The van der Waals surface area contributed by atoms with Crippen molar-refractivity contribution in [1.29, 1.82) is 0 Å². The normalized spacial score (nSPS) is 18.3. The molecule has 1 aliphatic heterocycles. The Hall–Kier alpha value is -3.41. The lowest BCUT2D eigenvalue weighted by Gasteiger charge is -2.26. The molecule has 1 unspecified atom stereocenters. The Kier molecular flexibility index (Phi) is 4.73. The zero-order valence-electron chi connectivity index (χ0n) is 18.3. The highest BCUT2D eigenvalue weighted by Gasteiger charge is 2.39. The molecule has 1 aliphatic rings. The number of nitrogens with zero attached hydrogens (tertiary/aromatic N) is 3. The highest BCUT2D eigenvalue weighted by atomic mass is 16.5. The fourth-order valence-electron chi connectivity index (χ4n) is 4.35. The number of methoxy groups -OCH3 is 1. The number of aromatic nitrogens is 2. The maximum Gasteiger partial charge on any atom is 0.204 e. The maximum atomic E-state index is 6.22. The molecule has 30 heavy (non-hydrogen) atoms. The molecule has 3 N–H and O–H groups in total. The molecule has 0 spiro atoms. The van der Waals surface area contributed by atoms with Crippen LogP contribution in [0, 0.1) is 27.7 Å². The van der Waals surface area contributed by atoms with Gasteiger partial charge in [0.15, 0.2) is 0 Å². The Morgan fingerprint density at radius 3 is 2.17 bits per heavy atom. The molecular formula is C24H27N5O. The number of hydrogen-bond donors (Lipinski definition) is 2. The molecule has 0 fully saturated rings. The van der Waals surface area contributed by atoms with E-state index in [0.29, 0.717) is 5.84 Å².